The van der Waals surface area contributed by atoms with Gasteiger partial charge in [-0.2, -0.15) is 13.2 Å². The first kappa shape index (κ1) is 23.5. The summed E-state index contributed by atoms with van der Waals surface area (Å²) in [5.41, 5.74) is 2.10. The lowest BCUT2D eigenvalue weighted by molar-refractivity contribution is -0.166. The Balaban J connectivity index is 0.00000176. The number of aryl methyl sites for hydroxylation is 1. The molecule has 4 nitrogen and oxygen atoms in total. The summed E-state index contributed by atoms with van der Waals surface area (Å²) in [6, 6.07) is 7.84. The van der Waals surface area contributed by atoms with Crippen molar-refractivity contribution in [1.82, 2.24) is 10.2 Å². The molecule has 1 aliphatic rings. The zero-order valence-corrected chi connectivity index (χ0v) is 17.3. The average Bonchev–Trinajstić information content (AvgIpc) is 2.91. The van der Waals surface area contributed by atoms with Crippen molar-refractivity contribution in [3.05, 3.63) is 35.4 Å². The second-order valence-electron chi connectivity index (χ2n) is 6.43. The fourth-order valence-electron chi connectivity index (χ4n) is 2.31. The highest BCUT2D eigenvalue weighted by Crippen LogP contribution is 2.44. The van der Waals surface area contributed by atoms with Crippen LogP contribution in [0, 0.1) is 0 Å². The number of alkyl halides is 3. The van der Waals surface area contributed by atoms with Gasteiger partial charge in [-0.05, 0) is 51.5 Å². The van der Waals surface area contributed by atoms with Crippen molar-refractivity contribution >= 4 is 22.8 Å². The molecule has 0 saturated carbocycles. The van der Waals surface area contributed by atoms with E-state index in [1.807, 2.05) is 52.2 Å². The van der Waals surface area contributed by atoms with Gasteiger partial charge < -0.3 is 10.2 Å². The molecule has 27 heavy (non-hydrogen) atoms. The molecule has 8 heteroatoms. The summed E-state index contributed by atoms with van der Waals surface area (Å²) in [6.45, 7) is 6.12. The molecule has 1 N–H and O–H groups in total. The van der Waals surface area contributed by atoms with Gasteiger partial charge in [0.1, 0.15) is 0 Å². The van der Waals surface area contributed by atoms with Crippen molar-refractivity contribution in [3.8, 4) is 0 Å². The molecule has 0 spiro atoms. The molecule has 1 unspecified atom stereocenters. The zero-order chi connectivity index (χ0) is 20.7. The summed E-state index contributed by atoms with van der Waals surface area (Å²) in [7, 11) is 4.07. The predicted octanol–water partition coefficient (Wildman–Crippen LogP) is 4.25. The number of hydrogen-bond donors (Lipinski definition) is 1. The smallest absolute Gasteiger partial charge is 0.309 e. The molecule has 1 aromatic rings. The standard InChI is InChI=1S/C17H22F3N3OS.C2H6/c1-16(17(18,19)20)14(24)22-15(25-16)21-11-13-8-6-12(7-9-13)5-4-10-23(2)3;1-2/h6-9H,4-5,10-11H2,1-3H3,(H,21,22,24);1-2H3. The number of carbonyl (C=O) groups excluding carboxylic acids is 1. The first-order valence-electron chi connectivity index (χ1n) is 8.96. The number of amidine groups is 1. The third-order valence-electron chi connectivity index (χ3n) is 3.99. The maximum Gasteiger partial charge on any atom is 0.412 e. The lowest BCUT2D eigenvalue weighted by atomic mass is 10.1. The van der Waals surface area contributed by atoms with Crippen LogP contribution in [0.4, 0.5) is 13.2 Å². The van der Waals surface area contributed by atoms with E-state index in [9.17, 15) is 18.0 Å². The van der Waals surface area contributed by atoms with Crippen LogP contribution < -0.4 is 5.32 Å². The summed E-state index contributed by atoms with van der Waals surface area (Å²) in [6.07, 6.45) is -2.58. The summed E-state index contributed by atoms with van der Waals surface area (Å²) in [5, 5.41) is 2.23. The average molecular weight is 404 g/mol. The lowest BCUT2D eigenvalue weighted by Gasteiger charge is -2.21. The largest absolute Gasteiger partial charge is 0.412 e. The van der Waals surface area contributed by atoms with Gasteiger partial charge in [0.25, 0.3) is 5.91 Å². The van der Waals surface area contributed by atoms with E-state index in [-0.39, 0.29) is 11.7 Å². The van der Waals surface area contributed by atoms with Crippen molar-refractivity contribution in [2.45, 2.75) is 51.1 Å². The number of nitrogens with zero attached hydrogens (tertiary/aromatic N) is 2. The maximum atomic E-state index is 13.0. The number of nitrogens with one attached hydrogen (secondary N) is 1. The molecule has 0 aromatic heterocycles. The number of thioether (sulfide) groups is 1. The minimum atomic E-state index is -4.62. The van der Waals surface area contributed by atoms with E-state index in [2.05, 4.69) is 15.2 Å². The molecule has 0 bridgehead atoms. The number of aliphatic imine (C=N–C) groups is 1. The van der Waals surface area contributed by atoms with Crippen LogP contribution in [-0.4, -0.2) is 47.5 Å². The van der Waals surface area contributed by atoms with Gasteiger partial charge in [0.2, 0.25) is 0 Å². The minimum Gasteiger partial charge on any atom is -0.309 e. The molecule has 1 heterocycles. The van der Waals surface area contributed by atoms with Gasteiger partial charge in [-0.3, -0.25) is 9.79 Å². The molecule has 1 aliphatic heterocycles. The predicted molar refractivity (Wildman–Crippen MR) is 106 cm³/mol. The molecular weight excluding hydrogens is 375 g/mol. The van der Waals surface area contributed by atoms with Crippen molar-refractivity contribution in [2.75, 3.05) is 20.6 Å². The van der Waals surface area contributed by atoms with Crippen LogP contribution in [-0.2, 0) is 17.8 Å². The molecule has 0 radical (unpaired) electrons. The van der Waals surface area contributed by atoms with Crippen LogP contribution in [0.25, 0.3) is 0 Å². The first-order valence-corrected chi connectivity index (χ1v) is 9.77. The number of benzene rings is 1. The Morgan fingerprint density at radius 2 is 1.70 bits per heavy atom. The van der Waals surface area contributed by atoms with Crippen LogP contribution >= 0.6 is 11.8 Å². The Morgan fingerprint density at radius 3 is 2.19 bits per heavy atom. The van der Waals surface area contributed by atoms with Gasteiger partial charge in [-0.25, -0.2) is 0 Å². The van der Waals surface area contributed by atoms with Crippen LogP contribution in [0.3, 0.4) is 0 Å². The number of halogens is 3. The second-order valence-corrected chi connectivity index (χ2v) is 7.84. The monoisotopic (exact) mass is 403 g/mol. The lowest BCUT2D eigenvalue weighted by Crippen LogP contribution is -2.46. The quantitative estimate of drug-likeness (QED) is 0.772. The molecule has 0 aliphatic carbocycles. The van der Waals surface area contributed by atoms with Crippen molar-refractivity contribution in [3.63, 3.8) is 0 Å². The fraction of sp³-hybridized carbons (Fsp3) is 0.579. The molecule has 1 aromatic carbocycles. The second kappa shape index (κ2) is 10.1. The Labute approximate surface area is 163 Å². The minimum absolute atomic E-state index is 0.0138. The van der Waals surface area contributed by atoms with Crippen LogP contribution in [0.1, 0.15) is 38.3 Å². The normalized spacial score (nSPS) is 21.2. The topological polar surface area (TPSA) is 44.7 Å². The van der Waals surface area contributed by atoms with Crippen LogP contribution in [0.5, 0.6) is 0 Å². The zero-order valence-electron chi connectivity index (χ0n) is 16.5. The van der Waals surface area contributed by atoms with Gasteiger partial charge in [0.05, 0.1) is 6.54 Å². The number of carbonyl (C=O) groups is 1. The summed E-state index contributed by atoms with van der Waals surface area (Å²) < 4.78 is 36.5. The summed E-state index contributed by atoms with van der Waals surface area (Å²) in [5.74, 6) is -1.07. The van der Waals surface area contributed by atoms with Crippen molar-refractivity contribution in [1.29, 1.82) is 0 Å². The fourth-order valence-corrected chi connectivity index (χ4v) is 3.23. The van der Waals surface area contributed by atoms with Gasteiger partial charge >= 0.3 is 6.18 Å². The molecule has 1 amide bonds. The molecule has 2 rings (SSSR count). The highest BCUT2D eigenvalue weighted by atomic mass is 32.2. The van der Waals surface area contributed by atoms with Gasteiger partial charge in [-0.1, -0.05) is 49.9 Å². The molecule has 1 saturated heterocycles. The third kappa shape index (κ3) is 6.53. The highest BCUT2D eigenvalue weighted by molar-refractivity contribution is 8.16. The van der Waals surface area contributed by atoms with Gasteiger partial charge in [0, 0.05) is 0 Å². The Hall–Kier alpha value is -1.54. The Kier molecular flexibility index (Phi) is 8.81. The molecular formula is C19H28F3N3OS. The van der Waals surface area contributed by atoms with E-state index >= 15 is 0 Å². The van der Waals surface area contributed by atoms with E-state index in [0.29, 0.717) is 11.8 Å². The van der Waals surface area contributed by atoms with Crippen molar-refractivity contribution < 1.29 is 18.0 Å². The van der Waals surface area contributed by atoms with E-state index < -0.39 is 16.8 Å². The van der Waals surface area contributed by atoms with E-state index in [4.69, 9.17) is 0 Å². The number of rotatable bonds is 6. The number of amides is 1. The SMILES string of the molecule is CC.CN(C)CCCc1ccc(CN=C2NC(=O)C(C)(C(F)(F)F)S2)cc1. The number of hydrogen-bond acceptors (Lipinski definition) is 4. The van der Waals surface area contributed by atoms with Crippen molar-refractivity contribution in [2.24, 2.45) is 4.99 Å². The van der Waals surface area contributed by atoms with Crippen LogP contribution in [0.15, 0.2) is 29.3 Å². The molecule has 152 valence electrons. The van der Waals surface area contributed by atoms with Gasteiger partial charge in [0.15, 0.2) is 9.91 Å². The molecule has 1 fully saturated rings. The van der Waals surface area contributed by atoms with Gasteiger partial charge in [-0.15, -0.1) is 0 Å². The summed E-state index contributed by atoms with van der Waals surface area (Å²) in [4.78, 5) is 17.9. The first-order chi connectivity index (χ1) is 12.6. The third-order valence-corrected chi connectivity index (χ3v) is 5.24. The maximum absolute atomic E-state index is 13.0. The van der Waals surface area contributed by atoms with Crippen LogP contribution in [0.2, 0.25) is 0 Å². The van der Waals surface area contributed by atoms with E-state index in [1.54, 1.807) is 0 Å². The van der Waals surface area contributed by atoms with E-state index in [1.165, 1.54) is 5.56 Å². The molecule has 1 atom stereocenters. The van der Waals surface area contributed by atoms with E-state index in [0.717, 1.165) is 31.9 Å². The Bertz CT molecular complexity index is 645. The Morgan fingerprint density at radius 1 is 1.15 bits per heavy atom. The highest BCUT2D eigenvalue weighted by Gasteiger charge is 2.61. The summed E-state index contributed by atoms with van der Waals surface area (Å²) >= 11 is 0.424.